The molecule has 0 spiro atoms. The van der Waals surface area contributed by atoms with Gasteiger partial charge < -0.3 is 10.2 Å². The summed E-state index contributed by atoms with van der Waals surface area (Å²) >= 11 is 3.56. The lowest BCUT2D eigenvalue weighted by atomic mass is 9.86. The van der Waals surface area contributed by atoms with Crippen molar-refractivity contribution >= 4 is 21.7 Å². The van der Waals surface area contributed by atoms with Crippen molar-refractivity contribution in [1.29, 1.82) is 0 Å². The van der Waals surface area contributed by atoms with Gasteiger partial charge in [-0.25, -0.2) is 4.98 Å². The maximum absolute atomic E-state index is 4.71. The zero-order valence-electron chi connectivity index (χ0n) is 13.1. The average Bonchev–Trinajstić information content (AvgIpc) is 3.29. The van der Waals surface area contributed by atoms with Crippen molar-refractivity contribution in [3.8, 4) is 0 Å². The maximum Gasteiger partial charge on any atom is 0.133 e. The molecule has 21 heavy (non-hydrogen) atoms. The van der Waals surface area contributed by atoms with Gasteiger partial charge in [0.15, 0.2) is 0 Å². The molecule has 116 valence electrons. The number of rotatable bonds is 5. The molecule has 1 aliphatic heterocycles. The van der Waals surface area contributed by atoms with Gasteiger partial charge in [-0.3, -0.25) is 0 Å². The van der Waals surface area contributed by atoms with E-state index in [2.05, 4.69) is 46.1 Å². The number of pyridine rings is 1. The van der Waals surface area contributed by atoms with Crippen molar-refractivity contribution in [1.82, 2.24) is 10.3 Å². The maximum atomic E-state index is 4.71. The molecule has 1 aliphatic carbocycles. The Labute approximate surface area is 136 Å². The van der Waals surface area contributed by atoms with Crippen LogP contribution < -0.4 is 10.2 Å². The second kappa shape index (κ2) is 6.66. The van der Waals surface area contributed by atoms with Gasteiger partial charge in [-0.05, 0) is 59.5 Å². The molecule has 0 radical (unpaired) electrons. The van der Waals surface area contributed by atoms with E-state index < -0.39 is 0 Å². The highest BCUT2D eigenvalue weighted by Gasteiger charge is 2.25. The van der Waals surface area contributed by atoms with Gasteiger partial charge in [0.1, 0.15) is 5.82 Å². The normalized spacial score (nSPS) is 20.3. The first-order chi connectivity index (χ1) is 10.1. The first-order valence-electron chi connectivity index (χ1n) is 8.26. The molecule has 4 heteroatoms. The average molecular weight is 352 g/mol. The smallest absolute Gasteiger partial charge is 0.133 e. The van der Waals surface area contributed by atoms with Crippen LogP contribution in [0.3, 0.4) is 0 Å². The quantitative estimate of drug-likeness (QED) is 0.869. The molecule has 1 N–H and O–H groups in total. The van der Waals surface area contributed by atoms with Crippen molar-refractivity contribution in [2.24, 2.45) is 11.8 Å². The van der Waals surface area contributed by atoms with Crippen LogP contribution in [0, 0.1) is 11.8 Å². The van der Waals surface area contributed by atoms with Gasteiger partial charge in [-0.1, -0.05) is 13.8 Å². The van der Waals surface area contributed by atoms with E-state index in [1.54, 1.807) is 0 Å². The lowest BCUT2D eigenvalue weighted by Gasteiger charge is -2.35. The first-order valence-corrected chi connectivity index (χ1v) is 9.05. The third-order valence-corrected chi connectivity index (χ3v) is 5.28. The fourth-order valence-electron chi connectivity index (χ4n) is 3.21. The number of hydrogen-bond donors (Lipinski definition) is 1. The van der Waals surface area contributed by atoms with E-state index in [-0.39, 0.29) is 0 Å². The van der Waals surface area contributed by atoms with Gasteiger partial charge in [0.2, 0.25) is 0 Å². The summed E-state index contributed by atoms with van der Waals surface area (Å²) in [6, 6.07) is 2.97. The van der Waals surface area contributed by atoms with E-state index in [0.29, 0.717) is 0 Å². The Hall–Kier alpha value is -0.610. The molecule has 0 bridgehead atoms. The van der Waals surface area contributed by atoms with E-state index in [9.17, 15) is 0 Å². The minimum absolute atomic E-state index is 0.739. The highest BCUT2D eigenvalue weighted by atomic mass is 79.9. The Bertz CT molecular complexity index is 477. The summed E-state index contributed by atoms with van der Waals surface area (Å²) < 4.78 is 1.08. The van der Waals surface area contributed by atoms with E-state index in [4.69, 9.17) is 4.98 Å². The zero-order chi connectivity index (χ0) is 14.8. The number of piperidine rings is 1. The monoisotopic (exact) mass is 351 g/mol. The third kappa shape index (κ3) is 3.98. The summed E-state index contributed by atoms with van der Waals surface area (Å²) in [4.78, 5) is 7.19. The molecule has 0 aromatic carbocycles. The number of nitrogens with zero attached hydrogens (tertiary/aromatic N) is 2. The standard InChI is InChI=1S/C17H26BrN3/c1-12(2)13-5-7-21(8-6-13)17-14(9-15(18)11-20-17)10-19-16-3-4-16/h9,11-13,16,19H,3-8,10H2,1-2H3. The van der Waals surface area contributed by atoms with Gasteiger partial charge >= 0.3 is 0 Å². The minimum atomic E-state index is 0.739. The van der Waals surface area contributed by atoms with Crippen molar-refractivity contribution in [2.75, 3.05) is 18.0 Å². The Kier molecular flexibility index (Phi) is 4.85. The number of aromatic nitrogens is 1. The molecule has 3 rings (SSSR count). The van der Waals surface area contributed by atoms with Crippen LogP contribution in [0.1, 0.15) is 45.1 Å². The summed E-state index contributed by atoms with van der Waals surface area (Å²) in [5, 5.41) is 3.62. The van der Waals surface area contributed by atoms with Crippen LogP contribution in [0.5, 0.6) is 0 Å². The summed E-state index contributed by atoms with van der Waals surface area (Å²) in [6.45, 7) is 7.94. The van der Waals surface area contributed by atoms with E-state index >= 15 is 0 Å². The molecule has 1 aromatic heterocycles. The van der Waals surface area contributed by atoms with Gasteiger partial charge in [-0.2, -0.15) is 0 Å². The summed E-state index contributed by atoms with van der Waals surface area (Å²) in [5.41, 5.74) is 1.33. The predicted octanol–water partition coefficient (Wildman–Crippen LogP) is 3.97. The van der Waals surface area contributed by atoms with Crippen LogP contribution in [0.4, 0.5) is 5.82 Å². The molecule has 3 nitrogen and oxygen atoms in total. The summed E-state index contributed by atoms with van der Waals surface area (Å²) in [7, 11) is 0. The molecule has 1 saturated carbocycles. The summed E-state index contributed by atoms with van der Waals surface area (Å²) in [6.07, 6.45) is 7.19. The second-order valence-electron chi connectivity index (χ2n) is 6.86. The van der Waals surface area contributed by atoms with Gasteiger partial charge in [0.05, 0.1) is 0 Å². The van der Waals surface area contributed by atoms with Crippen molar-refractivity contribution in [3.05, 3.63) is 22.3 Å². The Morgan fingerprint density at radius 3 is 2.62 bits per heavy atom. The molecular formula is C17H26BrN3. The van der Waals surface area contributed by atoms with Crippen LogP contribution in [-0.2, 0) is 6.54 Å². The Morgan fingerprint density at radius 1 is 1.29 bits per heavy atom. The second-order valence-corrected chi connectivity index (χ2v) is 7.78. The van der Waals surface area contributed by atoms with Gasteiger partial charge in [0.25, 0.3) is 0 Å². The number of hydrogen-bond acceptors (Lipinski definition) is 3. The lowest BCUT2D eigenvalue weighted by Crippen LogP contribution is -2.36. The van der Waals surface area contributed by atoms with Gasteiger partial charge in [0, 0.05) is 41.9 Å². The fourth-order valence-corrected chi connectivity index (χ4v) is 3.59. The van der Waals surface area contributed by atoms with Crippen molar-refractivity contribution < 1.29 is 0 Å². The van der Waals surface area contributed by atoms with E-state index in [1.807, 2.05) is 6.20 Å². The Balaban J connectivity index is 1.68. The molecule has 2 heterocycles. The molecule has 1 aromatic rings. The highest BCUT2D eigenvalue weighted by molar-refractivity contribution is 9.10. The molecule has 2 fully saturated rings. The third-order valence-electron chi connectivity index (χ3n) is 4.85. The number of nitrogens with one attached hydrogen (secondary N) is 1. The minimum Gasteiger partial charge on any atom is -0.356 e. The first kappa shape index (κ1) is 15.3. The molecule has 0 unspecified atom stereocenters. The van der Waals surface area contributed by atoms with Crippen molar-refractivity contribution in [3.63, 3.8) is 0 Å². The zero-order valence-corrected chi connectivity index (χ0v) is 14.7. The van der Waals surface area contributed by atoms with Crippen LogP contribution in [-0.4, -0.2) is 24.1 Å². The van der Waals surface area contributed by atoms with Crippen LogP contribution in [0.2, 0.25) is 0 Å². The van der Waals surface area contributed by atoms with Crippen LogP contribution >= 0.6 is 15.9 Å². The molecule has 2 aliphatic rings. The van der Waals surface area contributed by atoms with Crippen LogP contribution in [0.15, 0.2) is 16.7 Å². The van der Waals surface area contributed by atoms with Crippen molar-refractivity contribution in [2.45, 2.75) is 52.1 Å². The highest BCUT2D eigenvalue weighted by Crippen LogP contribution is 2.30. The van der Waals surface area contributed by atoms with E-state index in [1.165, 1.54) is 37.1 Å². The predicted molar refractivity (Wildman–Crippen MR) is 91.6 cm³/mol. The SMILES string of the molecule is CC(C)C1CCN(c2ncc(Br)cc2CNC2CC2)CC1. The molecule has 0 amide bonds. The molecule has 0 atom stereocenters. The topological polar surface area (TPSA) is 28.2 Å². The summed E-state index contributed by atoms with van der Waals surface area (Å²) in [5.74, 6) is 2.87. The fraction of sp³-hybridized carbons (Fsp3) is 0.706. The molecular weight excluding hydrogens is 326 g/mol. The number of halogens is 1. The van der Waals surface area contributed by atoms with E-state index in [0.717, 1.165) is 42.0 Å². The Morgan fingerprint density at radius 2 is 2.00 bits per heavy atom. The molecule has 1 saturated heterocycles. The largest absolute Gasteiger partial charge is 0.356 e. The van der Waals surface area contributed by atoms with Crippen LogP contribution in [0.25, 0.3) is 0 Å². The number of anilines is 1. The van der Waals surface area contributed by atoms with Gasteiger partial charge in [-0.15, -0.1) is 0 Å². The lowest BCUT2D eigenvalue weighted by molar-refractivity contribution is 0.310.